The maximum absolute atomic E-state index is 11.2. The standard InChI is InChI=1S/C13H14N2O2S/c1-14(2)8-10-3-4-12(11-5-6-18-9-11)13(7-10)15(16)17/h3-7,9H,8H2,1-2H3. The van der Waals surface area contributed by atoms with Gasteiger partial charge in [-0.25, -0.2) is 0 Å². The molecule has 0 aliphatic carbocycles. The monoisotopic (exact) mass is 262 g/mol. The summed E-state index contributed by atoms with van der Waals surface area (Å²) >= 11 is 1.54. The Kier molecular flexibility index (Phi) is 3.74. The summed E-state index contributed by atoms with van der Waals surface area (Å²) < 4.78 is 0. The van der Waals surface area contributed by atoms with Gasteiger partial charge in [-0.2, -0.15) is 11.3 Å². The molecule has 0 saturated heterocycles. The van der Waals surface area contributed by atoms with E-state index < -0.39 is 0 Å². The number of thiophene rings is 1. The lowest BCUT2D eigenvalue weighted by Crippen LogP contribution is -2.10. The second kappa shape index (κ2) is 5.29. The van der Waals surface area contributed by atoms with E-state index in [1.807, 2.05) is 48.0 Å². The molecule has 0 bridgehead atoms. The SMILES string of the molecule is CN(C)Cc1ccc(-c2ccsc2)c([N+](=O)[O-])c1. The van der Waals surface area contributed by atoms with Crippen molar-refractivity contribution in [2.24, 2.45) is 0 Å². The smallest absolute Gasteiger partial charge is 0.277 e. The minimum absolute atomic E-state index is 0.174. The van der Waals surface area contributed by atoms with Crippen molar-refractivity contribution in [3.63, 3.8) is 0 Å². The van der Waals surface area contributed by atoms with Crippen molar-refractivity contribution in [1.82, 2.24) is 4.90 Å². The van der Waals surface area contributed by atoms with E-state index in [4.69, 9.17) is 0 Å². The summed E-state index contributed by atoms with van der Waals surface area (Å²) in [6.07, 6.45) is 0. The van der Waals surface area contributed by atoms with Gasteiger partial charge in [-0.3, -0.25) is 10.1 Å². The lowest BCUT2D eigenvalue weighted by atomic mass is 10.0. The zero-order chi connectivity index (χ0) is 13.1. The van der Waals surface area contributed by atoms with Crippen LogP contribution in [0.3, 0.4) is 0 Å². The van der Waals surface area contributed by atoms with Crippen molar-refractivity contribution in [3.8, 4) is 11.1 Å². The van der Waals surface area contributed by atoms with E-state index in [1.54, 1.807) is 6.07 Å². The van der Waals surface area contributed by atoms with Gasteiger partial charge in [0.05, 0.1) is 10.5 Å². The lowest BCUT2D eigenvalue weighted by molar-refractivity contribution is -0.384. The van der Waals surface area contributed by atoms with Gasteiger partial charge < -0.3 is 4.90 Å². The van der Waals surface area contributed by atoms with Crippen LogP contribution in [0.25, 0.3) is 11.1 Å². The Hall–Kier alpha value is -1.72. The molecular formula is C13H14N2O2S. The first-order chi connectivity index (χ1) is 8.58. The van der Waals surface area contributed by atoms with Crippen LogP contribution in [0.1, 0.15) is 5.56 Å². The molecule has 2 rings (SSSR count). The average molecular weight is 262 g/mol. The molecule has 2 aromatic rings. The fourth-order valence-electron chi connectivity index (χ4n) is 1.85. The predicted octanol–water partition coefficient (Wildman–Crippen LogP) is 3.38. The average Bonchev–Trinajstić information content (AvgIpc) is 2.81. The molecule has 0 amide bonds. The molecule has 0 N–H and O–H groups in total. The number of hydrogen-bond acceptors (Lipinski definition) is 4. The number of nitro benzene ring substituents is 1. The first-order valence-corrected chi connectivity index (χ1v) is 6.47. The molecule has 0 aliphatic heterocycles. The number of rotatable bonds is 4. The third-order valence-electron chi connectivity index (χ3n) is 2.59. The van der Waals surface area contributed by atoms with E-state index in [9.17, 15) is 10.1 Å². The molecule has 94 valence electrons. The highest BCUT2D eigenvalue weighted by atomic mass is 32.1. The molecule has 18 heavy (non-hydrogen) atoms. The topological polar surface area (TPSA) is 46.4 Å². The summed E-state index contributed by atoms with van der Waals surface area (Å²) in [6, 6.07) is 7.34. The Labute approximate surface area is 110 Å². The Balaban J connectivity index is 2.45. The van der Waals surface area contributed by atoms with Crippen LogP contribution in [0.15, 0.2) is 35.0 Å². The molecule has 1 heterocycles. The van der Waals surface area contributed by atoms with Crippen LogP contribution in [0.2, 0.25) is 0 Å². The van der Waals surface area contributed by atoms with Gasteiger partial charge in [-0.15, -0.1) is 0 Å². The molecule has 1 aromatic carbocycles. The van der Waals surface area contributed by atoms with Crippen LogP contribution in [-0.4, -0.2) is 23.9 Å². The second-order valence-corrected chi connectivity index (χ2v) is 5.14. The third kappa shape index (κ3) is 2.75. The Bertz CT molecular complexity index is 550. The quantitative estimate of drug-likeness (QED) is 0.626. The zero-order valence-corrected chi connectivity index (χ0v) is 11.1. The molecular weight excluding hydrogens is 248 g/mol. The maximum Gasteiger partial charge on any atom is 0.277 e. The molecule has 0 aliphatic rings. The van der Waals surface area contributed by atoms with Gasteiger partial charge in [-0.05, 0) is 48.1 Å². The molecule has 4 nitrogen and oxygen atoms in total. The summed E-state index contributed by atoms with van der Waals surface area (Å²) in [5, 5.41) is 15.0. The van der Waals surface area contributed by atoms with E-state index in [1.165, 1.54) is 11.3 Å². The predicted molar refractivity (Wildman–Crippen MR) is 73.8 cm³/mol. The third-order valence-corrected chi connectivity index (χ3v) is 3.27. The van der Waals surface area contributed by atoms with E-state index in [-0.39, 0.29) is 10.6 Å². The molecule has 0 saturated carbocycles. The normalized spacial score (nSPS) is 10.8. The van der Waals surface area contributed by atoms with E-state index in [2.05, 4.69) is 0 Å². The van der Waals surface area contributed by atoms with Crippen LogP contribution in [0.5, 0.6) is 0 Å². The van der Waals surface area contributed by atoms with E-state index >= 15 is 0 Å². The highest BCUT2D eigenvalue weighted by Crippen LogP contribution is 2.32. The van der Waals surface area contributed by atoms with Crippen molar-refractivity contribution in [2.45, 2.75) is 6.54 Å². The Morgan fingerprint density at radius 2 is 2.11 bits per heavy atom. The van der Waals surface area contributed by atoms with Gasteiger partial charge >= 0.3 is 0 Å². The highest BCUT2D eigenvalue weighted by molar-refractivity contribution is 7.08. The first kappa shape index (κ1) is 12.7. The summed E-state index contributed by atoms with van der Waals surface area (Å²) in [5.41, 5.74) is 2.71. The largest absolute Gasteiger partial charge is 0.305 e. The van der Waals surface area contributed by atoms with E-state index in [0.29, 0.717) is 12.1 Å². The van der Waals surface area contributed by atoms with Crippen LogP contribution in [0, 0.1) is 10.1 Å². The van der Waals surface area contributed by atoms with Gasteiger partial charge in [0.25, 0.3) is 5.69 Å². The van der Waals surface area contributed by atoms with Crippen LogP contribution < -0.4 is 0 Å². The molecule has 1 aromatic heterocycles. The van der Waals surface area contributed by atoms with Crippen molar-refractivity contribution in [2.75, 3.05) is 14.1 Å². The Morgan fingerprint density at radius 3 is 2.67 bits per heavy atom. The highest BCUT2D eigenvalue weighted by Gasteiger charge is 2.16. The summed E-state index contributed by atoms with van der Waals surface area (Å²) in [5.74, 6) is 0. The molecule has 0 unspecified atom stereocenters. The molecule has 0 spiro atoms. The lowest BCUT2D eigenvalue weighted by Gasteiger charge is -2.10. The molecule has 0 atom stereocenters. The van der Waals surface area contributed by atoms with Crippen molar-refractivity contribution in [3.05, 3.63) is 50.7 Å². The minimum Gasteiger partial charge on any atom is -0.305 e. The van der Waals surface area contributed by atoms with Gasteiger partial charge in [0, 0.05) is 12.6 Å². The first-order valence-electron chi connectivity index (χ1n) is 5.52. The van der Waals surface area contributed by atoms with E-state index in [0.717, 1.165) is 11.1 Å². The van der Waals surface area contributed by atoms with Gasteiger partial charge in [0.1, 0.15) is 0 Å². The fourth-order valence-corrected chi connectivity index (χ4v) is 2.51. The maximum atomic E-state index is 11.2. The fraction of sp³-hybridized carbons (Fsp3) is 0.231. The van der Waals surface area contributed by atoms with Crippen LogP contribution in [-0.2, 0) is 6.54 Å². The van der Waals surface area contributed by atoms with Crippen LogP contribution in [0.4, 0.5) is 5.69 Å². The van der Waals surface area contributed by atoms with Gasteiger partial charge in [0.15, 0.2) is 0 Å². The summed E-state index contributed by atoms with van der Waals surface area (Å²) in [4.78, 5) is 12.8. The molecule has 0 fully saturated rings. The number of nitro groups is 1. The van der Waals surface area contributed by atoms with Gasteiger partial charge in [-0.1, -0.05) is 6.07 Å². The van der Waals surface area contributed by atoms with Crippen LogP contribution >= 0.6 is 11.3 Å². The zero-order valence-electron chi connectivity index (χ0n) is 10.3. The minimum atomic E-state index is -0.313. The number of hydrogen-bond donors (Lipinski definition) is 0. The van der Waals surface area contributed by atoms with Gasteiger partial charge in [0.2, 0.25) is 0 Å². The number of benzene rings is 1. The Morgan fingerprint density at radius 1 is 1.33 bits per heavy atom. The summed E-state index contributed by atoms with van der Waals surface area (Å²) in [6.45, 7) is 0.699. The van der Waals surface area contributed by atoms with Crippen molar-refractivity contribution >= 4 is 17.0 Å². The second-order valence-electron chi connectivity index (χ2n) is 4.36. The summed E-state index contributed by atoms with van der Waals surface area (Å²) in [7, 11) is 3.89. The van der Waals surface area contributed by atoms with Crippen molar-refractivity contribution < 1.29 is 4.92 Å². The van der Waals surface area contributed by atoms with Crippen molar-refractivity contribution in [1.29, 1.82) is 0 Å². The number of nitrogens with zero attached hydrogens (tertiary/aromatic N) is 2. The molecule has 0 radical (unpaired) electrons. The molecule has 5 heteroatoms.